The Balaban J connectivity index is 4.01. The van der Waals surface area contributed by atoms with Crippen LogP contribution in [-0.2, 0) is 18.4 Å². The standard InChI is InChI=1S/C76H149N2O6P/c1-6-8-10-12-14-16-18-20-22-24-26-28-30-32-34-35-36-37-38-39-40-41-42-44-46-48-50-52-54-56-58-60-62-64-66-68-70-76(80)77-74(73-84-85(81,82)83-72-71-78(3,4)5)75(79)69-67-65-63-61-59-57-55-53-51-49-47-45-43-33-31-29-27-25-23-21-19-17-15-13-11-9-7-2/h51,53,59,61,67,69,74-75,79H,6-50,52,54-58,60,62-66,68,70-73H2,1-5H3,(H-,77,80,81,82)/p+1/b53-51+,61-59+,69-67+. The van der Waals surface area contributed by atoms with Gasteiger partial charge in [-0.05, 0) is 44.9 Å². The van der Waals surface area contributed by atoms with E-state index >= 15 is 0 Å². The summed E-state index contributed by atoms with van der Waals surface area (Å²) in [4.78, 5) is 23.4. The summed E-state index contributed by atoms with van der Waals surface area (Å²) < 4.78 is 23.8. The average Bonchev–Trinajstić information content (AvgIpc) is 3.49. The molecule has 0 aliphatic rings. The molecule has 0 saturated carbocycles. The largest absolute Gasteiger partial charge is 0.472 e. The fraction of sp³-hybridized carbons (Fsp3) is 0.908. The summed E-state index contributed by atoms with van der Waals surface area (Å²) in [6, 6.07) is -0.870. The molecule has 0 aromatic heterocycles. The van der Waals surface area contributed by atoms with Crippen molar-refractivity contribution in [2.45, 2.75) is 405 Å². The molecule has 1 amide bonds. The molecule has 0 rings (SSSR count). The number of rotatable bonds is 71. The molecule has 0 heterocycles. The van der Waals surface area contributed by atoms with Crippen molar-refractivity contribution in [1.82, 2.24) is 5.32 Å². The van der Waals surface area contributed by atoms with Crippen molar-refractivity contribution in [2.75, 3.05) is 40.9 Å². The van der Waals surface area contributed by atoms with E-state index in [0.717, 1.165) is 44.9 Å². The van der Waals surface area contributed by atoms with E-state index in [-0.39, 0.29) is 19.1 Å². The molecule has 0 saturated heterocycles. The number of carbonyl (C=O) groups excluding carboxylic acids is 1. The highest BCUT2D eigenvalue weighted by atomic mass is 31.2. The van der Waals surface area contributed by atoms with E-state index in [0.29, 0.717) is 17.4 Å². The fourth-order valence-electron chi connectivity index (χ4n) is 11.7. The van der Waals surface area contributed by atoms with Gasteiger partial charge in [0.15, 0.2) is 0 Å². The van der Waals surface area contributed by atoms with E-state index in [1.54, 1.807) is 6.08 Å². The van der Waals surface area contributed by atoms with Crippen LogP contribution >= 0.6 is 7.82 Å². The molecule has 3 unspecified atom stereocenters. The third-order valence-corrected chi connectivity index (χ3v) is 18.6. The van der Waals surface area contributed by atoms with Gasteiger partial charge in [-0.2, -0.15) is 0 Å². The smallest absolute Gasteiger partial charge is 0.387 e. The number of carbonyl (C=O) groups is 1. The number of unbranched alkanes of at least 4 members (excludes halogenated alkanes) is 54. The first-order valence-electron chi connectivity index (χ1n) is 37.9. The molecule has 0 aromatic carbocycles. The van der Waals surface area contributed by atoms with E-state index < -0.39 is 20.0 Å². The van der Waals surface area contributed by atoms with Gasteiger partial charge in [-0.1, -0.05) is 378 Å². The van der Waals surface area contributed by atoms with E-state index in [1.807, 2.05) is 27.2 Å². The molecule has 8 nitrogen and oxygen atoms in total. The number of likely N-dealkylation sites (N-methyl/N-ethyl adjacent to an activating group) is 1. The van der Waals surface area contributed by atoms with Gasteiger partial charge >= 0.3 is 7.82 Å². The quantitative estimate of drug-likeness (QED) is 0.0243. The van der Waals surface area contributed by atoms with Crippen LogP contribution in [0.15, 0.2) is 36.5 Å². The summed E-state index contributed by atoms with van der Waals surface area (Å²) in [7, 11) is 1.56. The third-order valence-electron chi connectivity index (χ3n) is 17.6. The highest BCUT2D eigenvalue weighted by Gasteiger charge is 2.28. The molecular formula is C76H150N2O6P+. The zero-order valence-electron chi connectivity index (χ0n) is 57.9. The summed E-state index contributed by atoms with van der Waals surface area (Å²) in [5.41, 5.74) is 0. The zero-order chi connectivity index (χ0) is 61.9. The Labute approximate surface area is 531 Å². The molecule has 3 N–H and O–H groups in total. The second-order valence-electron chi connectivity index (χ2n) is 27.4. The topological polar surface area (TPSA) is 105 Å². The average molecular weight is 1220 g/mol. The molecule has 0 bridgehead atoms. The van der Waals surface area contributed by atoms with Gasteiger partial charge in [0.1, 0.15) is 13.2 Å². The Bertz CT molecular complexity index is 1480. The minimum atomic E-state index is -4.37. The molecule has 3 atom stereocenters. The normalized spacial score (nSPS) is 13.7. The van der Waals surface area contributed by atoms with Crippen molar-refractivity contribution >= 4 is 13.7 Å². The first-order chi connectivity index (χ1) is 41.5. The molecule has 85 heavy (non-hydrogen) atoms. The lowest BCUT2D eigenvalue weighted by Crippen LogP contribution is -2.45. The van der Waals surface area contributed by atoms with Gasteiger partial charge in [0.25, 0.3) is 0 Å². The van der Waals surface area contributed by atoms with Gasteiger partial charge in [-0.3, -0.25) is 13.8 Å². The SMILES string of the molecule is CCCCCCCCCCCCCCCCCCC/C=C/CC/C=C/CC/C=C/C(O)C(COP(=O)(O)OCC[N+](C)(C)C)NC(=O)CCCCCCCCCCCCCCCCCCCCCCCCCCCCCCCCCCCCCC. The Kier molecular flexibility index (Phi) is 66.1. The minimum absolute atomic E-state index is 0.0555. The molecule has 0 aromatic rings. The number of phosphoric ester groups is 1. The zero-order valence-corrected chi connectivity index (χ0v) is 58.8. The van der Waals surface area contributed by atoms with Gasteiger partial charge in [0, 0.05) is 6.42 Å². The Hall–Kier alpha value is -1.28. The van der Waals surface area contributed by atoms with Crippen LogP contribution in [0.5, 0.6) is 0 Å². The molecule has 0 aliphatic carbocycles. The number of allylic oxidation sites excluding steroid dienone is 5. The van der Waals surface area contributed by atoms with Crippen molar-refractivity contribution in [3.05, 3.63) is 36.5 Å². The summed E-state index contributed by atoms with van der Waals surface area (Å²) in [6.07, 6.45) is 90.5. The Morgan fingerprint density at radius 3 is 0.941 bits per heavy atom. The first-order valence-corrected chi connectivity index (χ1v) is 39.4. The number of aliphatic hydroxyl groups excluding tert-OH is 1. The lowest BCUT2D eigenvalue weighted by molar-refractivity contribution is -0.870. The van der Waals surface area contributed by atoms with Crippen molar-refractivity contribution < 1.29 is 32.9 Å². The maximum Gasteiger partial charge on any atom is 0.472 e. The molecule has 0 spiro atoms. The number of aliphatic hydroxyl groups is 1. The van der Waals surface area contributed by atoms with E-state index in [9.17, 15) is 19.4 Å². The minimum Gasteiger partial charge on any atom is -0.387 e. The summed E-state index contributed by atoms with van der Waals surface area (Å²) in [5, 5.41) is 14.0. The molecule has 9 heteroatoms. The van der Waals surface area contributed by atoms with Gasteiger partial charge < -0.3 is 19.8 Å². The number of phosphoric acid groups is 1. The number of hydrogen-bond acceptors (Lipinski definition) is 5. The van der Waals surface area contributed by atoms with Gasteiger partial charge in [-0.25, -0.2) is 4.57 Å². The van der Waals surface area contributed by atoms with Crippen LogP contribution < -0.4 is 5.32 Å². The van der Waals surface area contributed by atoms with Crippen LogP contribution in [0.1, 0.15) is 393 Å². The Morgan fingerprint density at radius 1 is 0.388 bits per heavy atom. The number of nitrogens with zero attached hydrogens (tertiary/aromatic N) is 1. The van der Waals surface area contributed by atoms with Crippen LogP contribution in [-0.4, -0.2) is 73.4 Å². The molecule has 0 radical (unpaired) electrons. The maximum atomic E-state index is 13.1. The monoisotopic (exact) mass is 1220 g/mol. The number of hydrogen-bond donors (Lipinski definition) is 3. The number of quaternary nitrogens is 1. The highest BCUT2D eigenvalue weighted by molar-refractivity contribution is 7.47. The second kappa shape index (κ2) is 67.1. The molecular weight excluding hydrogens is 1070 g/mol. The van der Waals surface area contributed by atoms with Crippen molar-refractivity contribution in [1.29, 1.82) is 0 Å². The van der Waals surface area contributed by atoms with E-state index in [4.69, 9.17) is 9.05 Å². The molecule has 504 valence electrons. The lowest BCUT2D eigenvalue weighted by Gasteiger charge is -2.25. The summed E-state index contributed by atoms with van der Waals surface area (Å²) >= 11 is 0. The van der Waals surface area contributed by atoms with Crippen molar-refractivity contribution in [3.8, 4) is 0 Å². The van der Waals surface area contributed by atoms with E-state index in [1.165, 1.54) is 327 Å². The highest BCUT2D eigenvalue weighted by Crippen LogP contribution is 2.43. The first kappa shape index (κ1) is 83.7. The van der Waals surface area contributed by atoms with Gasteiger partial charge in [0.05, 0.1) is 39.9 Å². The van der Waals surface area contributed by atoms with E-state index in [2.05, 4.69) is 43.5 Å². The maximum absolute atomic E-state index is 13.1. The van der Waals surface area contributed by atoms with Crippen LogP contribution in [0.25, 0.3) is 0 Å². The van der Waals surface area contributed by atoms with Gasteiger partial charge in [-0.15, -0.1) is 0 Å². The fourth-order valence-corrected chi connectivity index (χ4v) is 12.5. The van der Waals surface area contributed by atoms with Crippen LogP contribution in [0.2, 0.25) is 0 Å². The van der Waals surface area contributed by atoms with Gasteiger partial charge in [0.2, 0.25) is 5.91 Å². The third kappa shape index (κ3) is 70.0. The molecule has 0 fully saturated rings. The van der Waals surface area contributed by atoms with Crippen molar-refractivity contribution in [2.24, 2.45) is 0 Å². The van der Waals surface area contributed by atoms with Crippen molar-refractivity contribution in [3.63, 3.8) is 0 Å². The van der Waals surface area contributed by atoms with Crippen LogP contribution in [0, 0.1) is 0 Å². The second-order valence-corrected chi connectivity index (χ2v) is 28.8. The number of nitrogens with one attached hydrogen (secondary N) is 1. The summed E-state index contributed by atoms with van der Waals surface area (Å²) in [5.74, 6) is -0.182. The Morgan fingerprint density at radius 2 is 0.647 bits per heavy atom. The predicted octanol–water partition coefficient (Wildman–Crippen LogP) is 24.4. The number of amides is 1. The lowest BCUT2D eigenvalue weighted by atomic mass is 10.0. The van der Waals surface area contributed by atoms with Crippen LogP contribution in [0.4, 0.5) is 0 Å². The molecule has 0 aliphatic heterocycles. The summed E-state index contributed by atoms with van der Waals surface area (Å²) in [6.45, 7) is 4.85. The predicted molar refractivity (Wildman–Crippen MR) is 374 cm³/mol. The van der Waals surface area contributed by atoms with Crippen LogP contribution in [0.3, 0.4) is 0 Å².